The van der Waals surface area contributed by atoms with Crippen molar-refractivity contribution < 1.29 is 4.79 Å². The summed E-state index contributed by atoms with van der Waals surface area (Å²) in [5, 5.41) is 9.98. The maximum Gasteiger partial charge on any atom is 0.253 e. The highest BCUT2D eigenvalue weighted by molar-refractivity contribution is 7.98. The molecule has 0 aliphatic carbocycles. The molecule has 1 amide bonds. The van der Waals surface area contributed by atoms with Gasteiger partial charge in [0.15, 0.2) is 5.16 Å². The maximum atomic E-state index is 12.1. The van der Waals surface area contributed by atoms with Crippen LogP contribution in [0.4, 0.5) is 0 Å². The minimum Gasteiger partial charge on any atom is -0.345 e. The third-order valence-corrected chi connectivity index (χ3v) is 6.47. The number of benzene rings is 3. The second-order valence-electron chi connectivity index (χ2n) is 8.37. The summed E-state index contributed by atoms with van der Waals surface area (Å²) in [7, 11) is 3.53. The van der Waals surface area contributed by atoms with Crippen molar-refractivity contribution >= 4 is 17.7 Å². The van der Waals surface area contributed by atoms with E-state index >= 15 is 0 Å². The van der Waals surface area contributed by atoms with Crippen molar-refractivity contribution in [2.45, 2.75) is 31.2 Å². The molecule has 0 saturated carbocycles. The van der Waals surface area contributed by atoms with Crippen LogP contribution in [-0.4, -0.2) is 39.7 Å². The smallest absolute Gasteiger partial charge is 0.253 e. The summed E-state index contributed by atoms with van der Waals surface area (Å²) in [6.45, 7) is 4.23. The summed E-state index contributed by atoms with van der Waals surface area (Å²) < 4.78 is 2.18. The topological polar surface area (TPSA) is 51.0 Å². The molecule has 0 N–H and O–H groups in total. The van der Waals surface area contributed by atoms with E-state index in [0.717, 1.165) is 28.0 Å². The molecule has 5 nitrogen and oxygen atoms in total. The lowest BCUT2D eigenvalue weighted by molar-refractivity contribution is 0.0827. The van der Waals surface area contributed by atoms with Gasteiger partial charge in [-0.3, -0.25) is 9.36 Å². The summed E-state index contributed by atoms with van der Waals surface area (Å²) in [6.07, 6.45) is 0.711. The maximum absolute atomic E-state index is 12.1. The predicted molar refractivity (Wildman–Crippen MR) is 134 cm³/mol. The van der Waals surface area contributed by atoms with Crippen molar-refractivity contribution in [2.24, 2.45) is 0 Å². The molecule has 0 radical (unpaired) electrons. The molecule has 0 atom stereocenters. The molecule has 3 aromatic carbocycles. The summed E-state index contributed by atoms with van der Waals surface area (Å²) in [5.41, 5.74) is 6.56. The fourth-order valence-electron chi connectivity index (χ4n) is 3.73. The van der Waals surface area contributed by atoms with E-state index in [9.17, 15) is 4.79 Å². The van der Waals surface area contributed by atoms with Crippen LogP contribution in [0.25, 0.3) is 5.69 Å². The number of hydrogen-bond acceptors (Lipinski definition) is 4. The van der Waals surface area contributed by atoms with E-state index in [1.807, 2.05) is 42.5 Å². The molecule has 6 heteroatoms. The van der Waals surface area contributed by atoms with Crippen LogP contribution in [0.3, 0.4) is 0 Å². The fourth-order valence-corrected chi connectivity index (χ4v) is 4.65. The second-order valence-corrected chi connectivity index (χ2v) is 9.31. The molecule has 33 heavy (non-hydrogen) atoms. The molecule has 0 aliphatic rings. The first-order valence-corrected chi connectivity index (χ1v) is 11.9. The molecule has 0 aliphatic heterocycles. The highest BCUT2D eigenvalue weighted by Crippen LogP contribution is 2.28. The Bertz CT molecular complexity index is 1250. The van der Waals surface area contributed by atoms with Crippen molar-refractivity contribution in [1.29, 1.82) is 0 Å². The van der Waals surface area contributed by atoms with Crippen LogP contribution in [0.5, 0.6) is 0 Å². The van der Waals surface area contributed by atoms with E-state index in [0.29, 0.717) is 12.0 Å². The highest BCUT2D eigenvalue weighted by Gasteiger charge is 2.17. The Morgan fingerprint density at radius 2 is 1.64 bits per heavy atom. The predicted octanol–water partition coefficient (Wildman–Crippen LogP) is 5.47. The Hall–Kier alpha value is -3.38. The van der Waals surface area contributed by atoms with Crippen molar-refractivity contribution in [3.63, 3.8) is 0 Å². The standard InChI is InChI=1S/C27H28N4OS/c1-19-10-15-24(20(2)16-19)31-25(17-21-8-6-5-7-9-21)28-29-27(31)33-18-22-11-13-23(14-12-22)26(32)30(3)4/h5-16H,17-18H2,1-4H3. The van der Waals surface area contributed by atoms with Gasteiger partial charge in [0.2, 0.25) is 0 Å². The van der Waals surface area contributed by atoms with Crippen molar-refractivity contribution in [3.05, 3.63) is 106 Å². The van der Waals surface area contributed by atoms with E-state index < -0.39 is 0 Å². The zero-order valence-electron chi connectivity index (χ0n) is 19.4. The number of thioether (sulfide) groups is 1. The van der Waals surface area contributed by atoms with Gasteiger partial charge in [0.05, 0.1) is 5.69 Å². The van der Waals surface area contributed by atoms with Crippen molar-refractivity contribution in [3.8, 4) is 5.69 Å². The largest absolute Gasteiger partial charge is 0.345 e. The van der Waals surface area contributed by atoms with Crippen LogP contribution >= 0.6 is 11.8 Å². The minimum atomic E-state index is 0.00865. The van der Waals surface area contributed by atoms with Gasteiger partial charge in [-0.25, -0.2) is 0 Å². The van der Waals surface area contributed by atoms with E-state index in [1.54, 1.807) is 30.8 Å². The van der Waals surface area contributed by atoms with Crippen molar-refractivity contribution in [2.75, 3.05) is 14.1 Å². The molecular weight excluding hydrogens is 428 g/mol. The number of carbonyl (C=O) groups is 1. The van der Waals surface area contributed by atoms with Crippen LogP contribution in [-0.2, 0) is 12.2 Å². The number of aromatic nitrogens is 3. The molecule has 1 heterocycles. The number of rotatable bonds is 7. The van der Waals surface area contributed by atoms with Gasteiger partial charge in [-0.15, -0.1) is 10.2 Å². The van der Waals surface area contributed by atoms with Gasteiger partial charge in [0.25, 0.3) is 5.91 Å². The molecule has 4 aromatic rings. The molecule has 1 aromatic heterocycles. The number of nitrogens with zero attached hydrogens (tertiary/aromatic N) is 4. The normalized spacial score (nSPS) is 10.9. The second kappa shape index (κ2) is 10.0. The average molecular weight is 457 g/mol. The van der Waals surface area contributed by atoms with Crippen LogP contribution in [0.15, 0.2) is 78.0 Å². The van der Waals surface area contributed by atoms with Crippen LogP contribution in [0, 0.1) is 13.8 Å². The van der Waals surface area contributed by atoms with Crippen LogP contribution in [0.1, 0.15) is 38.4 Å². The molecule has 0 spiro atoms. The quantitative estimate of drug-likeness (QED) is 0.346. The van der Waals surface area contributed by atoms with Gasteiger partial charge in [0.1, 0.15) is 5.82 Å². The molecule has 0 unspecified atom stereocenters. The Labute approximate surface area is 199 Å². The number of amides is 1. The lowest BCUT2D eigenvalue weighted by Crippen LogP contribution is -2.21. The fraction of sp³-hybridized carbons (Fsp3) is 0.222. The first kappa shape index (κ1) is 22.8. The van der Waals surface area contributed by atoms with Crippen LogP contribution in [0.2, 0.25) is 0 Å². The first-order chi connectivity index (χ1) is 15.9. The Morgan fingerprint density at radius 1 is 0.909 bits per heavy atom. The molecule has 4 rings (SSSR count). The minimum absolute atomic E-state index is 0.00865. The third kappa shape index (κ3) is 5.34. The summed E-state index contributed by atoms with van der Waals surface area (Å²) in [6, 6.07) is 24.6. The molecule has 0 saturated heterocycles. The van der Waals surface area contributed by atoms with E-state index in [1.165, 1.54) is 16.7 Å². The van der Waals surface area contributed by atoms with Gasteiger partial charge in [-0.1, -0.05) is 71.9 Å². The SMILES string of the molecule is Cc1ccc(-n2c(Cc3ccccc3)nnc2SCc2ccc(C(=O)N(C)C)cc2)c(C)c1. The van der Waals surface area contributed by atoms with Gasteiger partial charge < -0.3 is 4.90 Å². The van der Waals surface area contributed by atoms with E-state index in [-0.39, 0.29) is 5.91 Å². The Balaban J connectivity index is 1.62. The molecule has 0 bridgehead atoms. The number of aryl methyl sites for hydroxylation is 2. The molecule has 0 fully saturated rings. The average Bonchev–Trinajstić information content (AvgIpc) is 3.20. The van der Waals surface area contributed by atoms with Gasteiger partial charge >= 0.3 is 0 Å². The Morgan fingerprint density at radius 3 is 2.30 bits per heavy atom. The van der Waals surface area contributed by atoms with Gasteiger partial charge in [-0.2, -0.15) is 0 Å². The third-order valence-electron chi connectivity index (χ3n) is 5.47. The highest BCUT2D eigenvalue weighted by atomic mass is 32.2. The van der Waals surface area contributed by atoms with E-state index in [4.69, 9.17) is 0 Å². The van der Waals surface area contributed by atoms with Gasteiger partial charge in [0, 0.05) is 31.8 Å². The zero-order valence-corrected chi connectivity index (χ0v) is 20.3. The monoisotopic (exact) mass is 456 g/mol. The van der Waals surface area contributed by atoms with Crippen LogP contribution < -0.4 is 0 Å². The summed E-state index contributed by atoms with van der Waals surface area (Å²) >= 11 is 1.65. The first-order valence-electron chi connectivity index (χ1n) is 10.9. The Kier molecular flexibility index (Phi) is 6.94. The summed E-state index contributed by atoms with van der Waals surface area (Å²) in [5.74, 6) is 1.67. The van der Waals surface area contributed by atoms with Crippen molar-refractivity contribution in [1.82, 2.24) is 19.7 Å². The number of carbonyl (C=O) groups excluding carboxylic acids is 1. The molecular formula is C27H28N4OS. The molecule has 168 valence electrons. The van der Waals surface area contributed by atoms with Gasteiger partial charge in [-0.05, 0) is 48.7 Å². The zero-order chi connectivity index (χ0) is 23.4. The summed E-state index contributed by atoms with van der Waals surface area (Å²) in [4.78, 5) is 13.7. The lowest BCUT2D eigenvalue weighted by atomic mass is 10.1. The number of hydrogen-bond donors (Lipinski definition) is 0. The lowest BCUT2D eigenvalue weighted by Gasteiger charge is -2.14. The van der Waals surface area contributed by atoms with E-state index in [2.05, 4.69) is 58.9 Å².